The average molecular weight is 434 g/mol. The highest BCUT2D eigenvalue weighted by Gasteiger charge is 2.19. The van der Waals surface area contributed by atoms with Gasteiger partial charge in [0.25, 0.3) is 11.1 Å². The molecule has 3 aromatic rings. The van der Waals surface area contributed by atoms with Gasteiger partial charge in [-0.05, 0) is 47.6 Å². The molecule has 0 aliphatic rings. The van der Waals surface area contributed by atoms with E-state index < -0.39 is 15.9 Å². The first kappa shape index (κ1) is 20.8. The summed E-state index contributed by atoms with van der Waals surface area (Å²) in [6, 6.07) is 8.12. The molecule has 0 bridgehead atoms. The number of benzene rings is 1. The molecular weight excluding hydrogens is 414 g/mol. The van der Waals surface area contributed by atoms with Crippen LogP contribution in [0.4, 0.5) is 5.13 Å². The molecule has 0 aliphatic carbocycles. The molecule has 0 fully saturated rings. The van der Waals surface area contributed by atoms with E-state index >= 15 is 0 Å². The second-order valence-corrected chi connectivity index (χ2v) is 9.31. The van der Waals surface area contributed by atoms with Crippen LogP contribution in [0.25, 0.3) is 11.1 Å². The number of sulfonamides is 1. The zero-order valence-corrected chi connectivity index (χ0v) is 17.8. The number of methoxy groups -OCH3 is 1. The molecule has 1 N–H and O–H groups in total. The highest BCUT2D eigenvalue weighted by Crippen LogP contribution is 2.28. The number of anilines is 1. The Kier molecular flexibility index (Phi) is 5.91. The van der Waals surface area contributed by atoms with Gasteiger partial charge in [-0.25, -0.2) is 12.7 Å². The molecule has 29 heavy (non-hydrogen) atoms. The number of pyridine rings is 1. The zero-order chi connectivity index (χ0) is 21.2. The maximum atomic E-state index is 12.8. The molecule has 152 valence electrons. The van der Waals surface area contributed by atoms with Crippen molar-refractivity contribution >= 4 is 32.4 Å². The van der Waals surface area contributed by atoms with E-state index in [9.17, 15) is 13.2 Å². The third-order valence-corrected chi connectivity index (χ3v) is 6.66. The van der Waals surface area contributed by atoms with Crippen molar-refractivity contribution in [1.29, 1.82) is 0 Å². The second-order valence-electron chi connectivity index (χ2n) is 6.21. The molecule has 0 aliphatic heterocycles. The number of carbonyl (C=O) groups is 1. The van der Waals surface area contributed by atoms with Crippen LogP contribution in [0, 0.1) is 6.92 Å². The molecule has 0 saturated carbocycles. The van der Waals surface area contributed by atoms with Crippen LogP contribution in [-0.2, 0) is 10.0 Å². The third-order valence-electron chi connectivity index (χ3n) is 4.03. The topological polar surface area (TPSA) is 114 Å². The van der Waals surface area contributed by atoms with Crippen LogP contribution in [-0.4, -0.2) is 55.0 Å². The Morgan fingerprint density at radius 2 is 1.86 bits per heavy atom. The van der Waals surface area contributed by atoms with Gasteiger partial charge in [-0.3, -0.25) is 15.1 Å². The molecule has 2 heterocycles. The molecule has 0 unspecified atom stereocenters. The number of nitrogens with zero attached hydrogens (tertiary/aromatic N) is 4. The van der Waals surface area contributed by atoms with Crippen molar-refractivity contribution in [3.63, 3.8) is 0 Å². The van der Waals surface area contributed by atoms with Gasteiger partial charge in [0.15, 0.2) is 0 Å². The van der Waals surface area contributed by atoms with Crippen molar-refractivity contribution in [2.45, 2.75) is 11.8 Å². The minimum absolute atomic E-state index is 0.170. The Balaban J connectivity index is 1.95. The molecular formula is C18H19N5O4S2. The number of hydrogen-bond acceptors (Lipinski definition) is 8. The minimum atomic E-state index is -3.54. The molecule has 11 heteroatoms. The molecule has 1 aromatic carbocycles. The zero-order valence-electron chi connectivity index (χ0n) is 16.2. The Morgan fingerprint density at radius 3 is 2.45 bits per heavy atom. The van der Waals surface area contributed by atoms with E-state index in [1.807, 2.05) is 6.92 Å². The van der Waals surface area contributed by atoms with E-state index in [2.05, 4.69) is 20.5 Å². The highest BCUT2D eigenvalue weighted by molar-refractivity contribution is 7.89. The molecule has 0 radical (unpaired) electrons. The van der Waals surface area contributed by atoms with Gasteiger partial charge in [-0.2, -0.15) is 0 Å². The monoisotopic (exact) mass is 433 g/mol. The first-order valence-electron chi connectivity index (χ1n) is 8.41. The molecule has 0 atom stereocenters. The summed E-state index contributed by atoms with van der Waals surface area (Å²) in [5.74, 6) is -0.406. The normalized spacial score (nSPS) is 11.5. The largest absolute Gasteiger partial charge is 0.472 e. The summed E-state index contributed by atoms with van der Waals surface area (Å²) in [6.45, 7) is 1.81. The maximum Gasteiger partial charge on any atom is 0.295 e. The molecule has 0 spiro atoms. The van der Waals surface area contributed by atoms with E-state index in [0.717, 1.165) is 21.3 Å². The summed E-state index contributed by atoms with van der Waals surface area (Å²) < 4.78 is 30.7. The number of aryl methyl sites for hydroxylation is 1. The minimum Gasteiger partial charge on any atom is -0.472 e. The van der Waals surface area contributed by atoms with Crippen LogP contribution >= 0.6 is 11.3 Å². The lowest BCUT2D eigenvalue weighted by Gasteiger charge is -2.13. The van der Waals surface area contributed by atoms with Crippen LogP contribution in [0.1, 0.15) is 16.1 Å². The van der Waals surface area contributed by atoms with Gasteiger partial charge in [0.1, 0.15) is 0 Å². The van der Waals surface area contributed by atoms with E-state index in [1.54, 1.807) is 18.2 Å². The van der Waals surface area contributed by atoms with E-state index in [-0.39, 0.29) is 4.90 Å². The molecule has 0 saturated heterocycles. The van der Waals surface area contributed by atoms with Gasteiger partial charge in [-0.15, -0.1) is 5.10 Å². The Bertz CT molecular complexity index is 1140. The van der Waals surface area contributed by atoms with Crippen LogP contribution in [0.5, 0.6) is 5.19 Å². The first-order valence-corrected chi connectivity index (χ1v) is 10.7. The van der Waals surface area contributed by atoms with Gasteiger partial charge in [0.05, 0.1) is 17.6 Å². The van der Waals surface area contributed by atoms with Crippen LogP contribution in [0.2, 0.25) is 0 Å². The Hall–Kier alpha value is -2.89. The first-order chi connectivity index (χ1) is 13.7. The molecule has 2 aromatic heterocycles. The van der Waals surface area contributed by atoms with Gasteiger partial charge >= 0.3 is 0 Å². The highest BCUT2D eigenvalue weighted by atomic mass is 32.2. The van der Waals surface area contributed by atoms with Crippen LogP contribution in [0.15, 0.2) is 41.4 Å². The summed E-state index contributed by atoms with van der Waals surface area (Å²) in [5.41, 5.74) is 2.36. The van der Waals surface area contributed by atoms with Gasteiger partial charge < -0.3 is 4.74 Å². The van der Waals surface area contributed by atoms with Crippen molar-refractivity contribution in [2.24, 2.45) is 0 Å². The summed E-state index contributed by atoms with van der Waals surface area (Å²) in [5, 5.41) is 10.9. The fraction of sp³-hybridized carbons (Fsp3) is 0.222. The maximum absolute atomic E-state index is 12.8. The number of nitrogens with one attached hydrogen (secondary N) is 1. The quantitative estimate of drug-likeness (QED) is 0.635. The lowest BCUT2D eigenvalue weighted by Crippen LogP contribution is -2.22. The Labute approximate surface area is 172 Å². The molecule has 1 amide bonds. The van der Waals surface area contributed by atoms with Crippen molar-refractivity contribution in [3.8, 4) is 16.3 Å². The van der Waals surface area contributed by atoms with Gasteiger partial charge in [-0.1, -0.05) is 17.2 Å². The van der Waals surface area contributed by atoms with Gasteiger partial charge in [0, 0.05) is 26.0 Å². The van der Waals surface area contributed by atoms with E-state index in [4.69, 9.17) is 4.74 Å². The average Bonchev–Trinajstić information content (AvgIpc) is 3.15. The second kappa shape index (κ2) is 8.23. The summed E-state index contributed by atoms with van der Waals surface area (Å²) >= 11 is 1.10. The third kappa shape index (κ3) is 4.42. The van der Waals surface area contributed by atoms with Crippen molar-refractivity contribution < 1.29 is 17.9 Å². The lowest BCUT2D eigenvalue weighted by molar-refractivity contribution is 0.102. The summed E-state index contributed by atoms with van der Waals surface area (Å²) in [6.07, 6.45) is 1.47. The van der Waals surface area contributed by atoms with E-state index in [1.165, 1.54) is 39.5 Å². The van der Waals surface area contributed by atoms with Crippen molar-refractivity contribution in [2.75, 3.05) is 26.5 Å². The predicted molar refractivity (Wildman–Crippen MR) is 110 cm³/mol. The number of hydrogen-bond donors (Lipinski definition) is 1. The number of carbonyl (C=O) groups excluding carboxylic acids is 1. The summed E-state index contributed by atoms with van der Waals surface area (Å²) in [7, 11) is 0.876. The lowest BCUT2D eigenvalue weighted by atomic mass is 10.0. The smallest absolute Gasteiger partial charge is 0.295 e. The van der Waals surface area contributed by atoms with Crippen LogP contribution in [0.3, 0.4) is 0 Å². The number of aromatic nitrogens is 3. The summed E-state index contributed by atoms with van der Waals surface area (Å²) in [4.78, 5) is 17.2. The van der Waals surface area contributed by atoms with Crippen LogP contribution < -0.4 is 10.1 Å². The molecule has 3 rings (SSSR count). The fourth-order valence-corrected chi connectivity index (χ4v) is 3.96. The number of rotatable bonds is 6. The Morgan fingerprint density at radius 1 is 1.17 bits per heavy atom. The van der Waals surface area contributed by atoms with Crippen molar-refractivity contribution in [1.82, 2.24) is 19.5 Å². The van der Waals surface area contributed by atoms with Gasteiger partial charge in [0.2, 0.25) is 15.2 Å². The predicted octanol–water partition coefficient (Wildman–Crippen LogP) is 2.42. The molecule has 9 nitrogen and oxygen atoms in total. The van der Waals surface area contributed by atoms with E-state index in [0.29, 0.717) is 27.0 Å². The number of amides is 1. The SMILES string of the molecule is COc1nnc(NC(=O)c2cnc(C)cc2-c2ccc(S(=O)(=O)N(C)C)cc2)s1. The standard InChI is InChI=1S/C18H19N5O4S2/c1-11-9-14(12-5-7-13(8-6-12)29(25,26)23(2)3)15(10-19-11)16(24)20-17-21-22-18(27-4)28-17/h5-10H,1-4H3,(H,20,21,24). The number of ether oxygens (including phenoxy) is 1. The van der Waals surface area contributed by atoms with Crippen molar-refractivity contribution in [3.05, 3.63) is 47.8 Å². The fourth-order valence-electron chi connectivity index (χ4n) is 2.50.